The van der Waals surface area contributed by atoms with E-state index >= 15 is 0 Å². The average Bonchev–Trinajstić information content (AvgIpc) is 2.66. The van der Waals surface area contributed by atoms with Crippen molar-refractivity contribution >= 4 is 34.6 Å². The average molecular weight is 359 g/mol. The molecule has 0 aliphatic carbocycles. The number of hydrogen-bond acceptors (Lipinski definition) is 10. The van der Waals surface area contributed by atoms with Crippen LogP contribution in [0.1, 0.15) is 12.6 Å². The van der Waals surface area contributed by atoms with Gasteiger partial charge in [0.15, 0.2) is 17.7 Å². The van der Waals surface area contributed by atoms with Crippen LogP contribution < -0.4 is 11.5 Å². The Hall–Kier alpha value is -3.53. The number of hydrogen-bond donors (Lipinski definition) is 3. The topological polar surface area (TPSA) is 171 Å². The van der Waals surface area contributed by atoms with Crippen molar-refractivity contribution in [3.8, 4) is 0 Å². The fourth-order valence-corrected chi connectivity index (χ4v) is 1.29. The summed E-state index contributed by atoms with van der Waals surface area (Å²) in [5.74, 6) is -0.426. The third-order valence-electron chi connectivity index (χ3n) is 2.40. The maximum atomic E-state index is 9.44. The van der Waals surface area contributed by atoms with E-state index in [1.165, 1.54) is 19.4 Å². The minimum atomic E-state index is -0.426. The van der Waals surface area contributed by atoms with Crippen molar-refractivity contribution in [1.29, 1.82) is 0 Å². The van der Waals surface area contributed by atoms with E-state index in [4.69, 9.17) is 21.4 Å². The van der Waals surface area contributed by atoms with Gasteiger partial charge in [-0.3, -0.25) is 14.6 Å². The summed E-state index contributed by atoms with van der Waals surface area (Å²) in [7, 11) is 1.00. The number of rotatable bonds is 1. The minimum absolute atomic E-state index is 0.278. The number of nitrogens with zero attached hydrogens (tertiary/aromatic N) is 5. The zero-order valence-electron chi connectivity index (χ0n) is 14.7. The number of fused-ring (bicyclic) bond motifs is 1. The Morgan fingerprint density at radius 3 is 2.23 bits per heavy atom. The molecule has 0 saturated carbocycles. The maximum absolute atomic E-state index is 9.44. The van der Waals surface area contributed by atoms with E-state index in [0.29, 0.717) is 17.0 Å². The van der Waals surface area contributed by atoms with Gasteiger partial charge in [-0.25, -0.2) is 19.9 Å². The molecule has 3 aromatic heterocycles. The van der Waals surface area contributed by atoms with Crippen molar-refractivity contribution in [3.05, 3.63) is 42.9 Å². The molecule has 26 heavy (non-hydrogen) atoms. The molecular formula is C16H21N7O3. The number of ketones is 1. The highest BCUT2D eigenvalue weighted by Crippen LogP contribution is 2.08. The van der Waals surface area contributed by atoms with Gasteiger partial charge in [-0.2, -0.15) is 0 Å². The van der Waals surface area contributed by atoms with Crippen LogP contribution >= 0.6 is 0 Å². The van der Waals surface area contributed by atoms with Gasteiger partial charge in [0.1, 0.15) is 11.8 Å². The number of Topliss-reactive ketones (excluding diaryl/α,β-unsaturated/α-hetero) is 1. The Balaban J connectivity index is 0.000000369. The van der Waals surface area contributed by atoms with E-state index in [1.54, 1.807) is 24.7 Å². The largest absolute Gasteiger partial charge is 0.400 e. The van der Waals surface area contributed by atoms with Gasteiger partial charge in [-0.1, -0.05) is 0 Å². The molecule has 0 fully saturated rings. The van der Waals surface area contributed by atoms with Crippen LogP contribution in [0.2, 0.25) is 0 Å². The highest BCUT2D eigenvalue weighted by atomic mass is 16.2. The second kappa shape index (κ2) is 12.8. The number of aliphatic hydroxyl groups is 1. The molecule has 10 heteroatoms. The molecule has 0 aromatic carbocycles. The molecule has 0 aliphatic rings. The monoisotopic (exact) mass is 359 g/mol. The van der Waals surface area contributed by atoms with Crippen molar-refractivity contribution in [2.24, 2.45) is 0 Å². The van der Waals surface area contributed by atoms with Crippen LogP contribution in [0.3, 0.4) is 0 Å². The van der Waals surface area contributed by atoms with Crippen molar-refractivity contribution in [2.45, 2.75) is 13.8 Å². The molecule has 0 amide bonds. The zero-order chi connectivity index (χ0) is 19.9. The van der Waals surface area contributed by atoms with Crippen molar-refractivity contribution < 1.29 is 14.7 Å². The summed E-state index contributed by atoms with van der Waals surface area (Å²) in [5.41, 5.74) is 14.1. The highest BCUT2D eigenvalue weighted by Gasteiger charge is 1.94. The standard InChI is InChI=1S/C7H6N4.C5H7N3.C3H4O2.CH4O/c1-5-2-9-7-6(11-5)3-8-4-10-7;6-4-1-2-8-3-5(4)7;1-3(5)2-4;1-2/h2-4H,1H3;1-3H,7H2,(H2,6,8);2H,1H3;2H,1H3. The van der Waals surface area contributed by atoms with Gasteiger partial charge >= 0.3 is 0 Å². The van der Waals surface area contributed by atoms with Gasteiger partial charge in [0.25, 0.3) is 0 Å². The van der Waals surface area contributed by atoms with Crippen LogP contribution in [0.25, 0.3) is 11.2 Å². The lowest BCUT2D eigenvalue weighted by atomic mass is 10.4. The number of aliphatic hydroxyl groups excluding tert-OH is 1. The second-order valence-electron chi connectivity index (χ2n) is 4.48. The zero-order valence-corrected chi connectivity index (χ0v) is 14.7. The molecule has 3 aromatic rings. The summed E-state index contributed by atoms with van der Waals surface area (Å²) in [6, 6.07) is 1.66. The lowest BCUT2D eigenvalue weighted by molar-refractivity contribution is -0.128. The SMILES string of the molecule is CC(=O)C=O.CO.Cc1cnc2ncncc2n1.Nc1ccncc1N. The van der Waals surface area contributed by atoms with Crippen LogP contribution in [-0.4, -0.2) is 49.2 Å². The molecule has 0 spiro atoms. The molecule has 3 rings (SSSR count). The Kier molecular flexibility index (Phi) is 11.1. The van der Waals surface area contributed by atoms with E-state index in [-0.39, 0.29) is 6.29 Å². The first-order valence-electron chi connectivity index (χ1n) is 7.18. The molecule has 0 unspecified atom stereocenters. The van der Waals surface area contributed by atoms with Crippen LogP contribution in [0.4, 0.5) is 11.4 Å². The summed E-state index contributed by atoms with van der Waals surface area (Å²) in [4.78, 5) is 38.4. The lowest BCUT2D eigenvalue weighted by Gasteiger charge is -1.93. The first-order chi connectivity index (χ1) is 12.4. The van der Waals surface area contributed by atoms with E-state index < -0.39 is 5.78 Å². The fourth-order valence-electron chi connectivity index (χ4n) is 1.29. The van der Waals surface area contributed by atoms with E-state index in [1.807, 2.05) is 6.92 Å². The lowest BCUT2D eigenvalue weighted by Crippen LogP contribution is -1.93. The van der Waals surface area contributed by atoms with Crippen molar-refractivity contribution in [3.63, 3.8) is 0 Å². The van der Waals surface area contributed by atoms with Gasteiger partial charge in [-0.05, 0) is 13.0 Å². The molecule has 5 N–H and O–H groups in total. The van der Waals surface area contributed by atoms with Crippen LogP contribution in [0, 0.1) is 6.92 Å². The maximum Gasteiger partial charge on any atom is 0.192 e. The Morgan fingerprint density at radius 1 is 1.08 bits per heavy atom. The predicted molar refractivity (Wildman–Crippen MR) is 97.8 cm³/mol. The third-order valence-corrected chi connectivity index (χ3v) is 2.40. The summed E-state index contributed by atoms with van der Waals surface area (Å²) in [5, 5.41) is 7.00. The molecule has 0 saturated heterocycles. The molecule has 3 heterocycles. The highest BCUT2D eigenvalue weighted by molar-refractivity contribution is 6.23. The second-order valence-corrected chi connectivity index (χ2v) is 4.48. The van der Waals surface area contributed by atoms with Crippen LogP contribution in [0.5, 0.6) is 0 Å². The molecule has 0 bridgehead atoms. The minimum Gasteiger partial charge on any atom is -0.400 e. The van der Waals surface area contributed by atoms with E-state index in [0.717, 1.165) is 18.3 Å². The number of pyridine rings is 1. The number of carbonyl (C=O) groups is 2. The number of aryl methyl sites for hydroxylation is 1. The number of nitrogens with two attached hydrogens (primary N) is 2. The predicted octanol–water partition coefficient (Wildman–Crippen LogP) is 0.357. The number of aromatic nitrogens is 5. The van der Waals surface area contributed by atoms with Crippen LogP contribution in [0.15, 0.2) is 37.2 Å². The van der Waals surface area contributed by atoms with Gasteiger partial charge < -0.3 is 16.6 Å². The summed E-state index contributed by atoms with van der Waals surface area (Å²) >= 11 is 0. The summed E-state index contributed by atoms with van der Waals surface area (Å²) < 4.78 is 0. The fraction of sp³-hybridized carbons (Fsp3) is 0.188. The summed E-state index contributed by atoms with van der Waals surface area (Å²) in [6.45, 7) is 3.10. The molecule has 0 aliphatic heterocycles. The molecule has 138 valence electrons. The Bertz CT molecular complexity index is 807. The number of anilines is 2. The number of aldehydes is 1. The first kappa shape index (κ1) is 22.5. The van der Waals surface area contributed by atoms with Gasteiger partial charge in [0, 0.05) is 20.2 Å². The van der Waals surface area contributed by atoms with E-state index in [2.05, 4.69) is 24.9 Å². The van der Waals surface area contributed by atoms with E-state index in [9.17, 15) is 4.79 Å². The van der Waals surface area contributed by atoms with Crippen LogP contribution in [-0.2, 0) is 9.59 Å². The summed E-state index contributed by atoms with van der Waals surface area (Å²) in [6.07, 6.45) is 8.21. The molecule has 10 nitrogen and oxygen atoms in total. The number of nitrogen functional groups attached to an aromatic ring is 2. The first-order valence-corrected chi connectivity index (χ1v) is 7.18. The quantitative estimate of drug-likeness (QED) is 0.407. The molecular weight excluding hydrogens is 338 g/mol. The van der Waals surface area contributed by atoms with Gasteiger partial charge in [0.2, 0.25) is 0 Å². The Labute approximate surface area is 150 Å². The molecule has 0 radical (unpaired) electrons. The van der Waals surface area contributed by atoms with Gasteiger partial charge in [-0.15, -0.1) is 0 Å². The van der Waals surface area contributed by atoms with Crippen molar-refractivity contribution in [2.75, 3.05) is 18.6 Å². The Morgan fingerprint density at radius 2 is 1.73 bits per heavy atom. The normalized spacial score (nSPS) is 8.62. The molecule has 0 atom stereocenters. The van der Waals surface area contributed by atoms with Gasteiger partial charge in [0.05, 0.1) is 35.7 Å². The number of carbonyl (C=O) groups excluding carboxylic acids is 2. The third kappa shape index (κ3) is 8.93. The van der Waals surface area contributed by atoms with Crippen molar-refractivity contribution in [1.82, 2.24) is 24.9 Å². The smallest absolute Gasteiger partial charge is 0.192 e.